The van der Waals surface area contributed by atoms with Crippen molar-refractivity contribution in [3.63, 3.8) is 0 Å². The summed E-state index contributed by atoms with van der Waals surface area (Å²) in [5, 5.41) is 0. The van der Waals surface area contributed by atoms with Crippen LogP contribution < -0.4 is 0 Å². The lowest BCUT2D eigenvalue weighted by Gasteiger charge is -2.33. The monoisotopic (exact) mass is 254 g/mol. The summed E-state index contributed by atoms with van der Waals surface area (Å²) in [5.74, 6) is 0.339. The molecule has 2 heterocycles. The molecule has 1 atom stereocenters. The highest BCUT2D eigenvalue weighted by Gasteiger charge is 2.23. The summed E-state index contributed by atoms with van der Waals surface area (Å²) in [5.41, 5.74) is 0. The molecule has 2 saturated heterocycles. The van der Waals surface area contributed by atoms with Crippen LogP contribution in [0.4, 0.5) is 0 Å². The number of carbonyl (C=O) groups is 1. The molecule has 2 fully saturated rings. The number of ether oxygens (including phenoxy) is 1. The Hall–Kier alpha value is -0.610. The zero-order valence-electron chi connectivity index (χ0n) is 11.6. The summed E-state index contributed by atoms with van der Waals surface area (Å²) in [6, 6.07) is 0. The lowest BCUT2D eigenvalue weighted by molar-refractivity contribution is -0.127. The van der Waals surface area contributed by atoms with Gasteiger partial charge in [0.15, 0.2) is 0 Å². The Morgan fingerprint density at radius 3 is 2.89 bits per heavy atom. The number of nitrogens with zero attached hydrogens (tertiary/aromatic N) is 2. The van der Waals surface area contributed by atoms with Crippen LogP contribution in [0.5, 0.6) is 0 Å². The number of hydrogen-bond acceptors (Lipinski definition) is 3. The van der Waals surface area contributed by atoms with Crippen molar-refractivity contribution in [3.8, 4) is 0 Å². The Morgan fingerprint density at radius 1 is 1.28 bits per heavy atom. The lowest BCUT2D eigenvalue weighted by Crippen LogP contribution is -2.43. The Bertz CT molecular complexity index is 271. The van der Waals surface area contributed by atoms with Crippen molar-refractivity contribution in [1.82, 2.24) is 9.80 Å². The third-order valence-corrected chi connectivity index (χ3v) is 3.88. The van der Waals surface area contributed by atoms with Crippen molar-refractivity contribution in [1.29, 1.82) is 0 Å². The van der Waals surface area contributed by atoms with Gasteiger partial charge in [-0.15, -0.1) is 0 Å². The molecule has 104 valence electrons. The molecule has 0 saturated carbocycles. The molecule has 0 aliphatic carbocycles. The predicted molar refractivity (Wildman–Crippen MR) is 71.5 cm³/mol. The normalized spacial score (nSPS) is 25.9. The van der Waals surface area contributed by atoms with E-state index in [1.165, 1.54) is 12.8 Å². The summed E-state index contributed by atoms with van der Waals surface area (Å²) in [6.07, 6.45) is 5.72. The van der Waals surface area contributed by atoms with Gasteiger partial charge in [-0.1, -0.05) is 6.92 Å². The van der Waals surface area contributed by atoms with E-state index in [0.29, 0.717) is 12.0 Å². The number of rotatable bonds is 6. The van der Waals surface area contributed by atoms with Gasteiger partial charge in [0.2, 0.25) is 5.91 Å². The second-order valence-corrected chi connectivity index (χ2v) is 5.42. The minimum atomic E-state index is 0.339. The first-order valence-electron chi connectivity index (χ1n) is 7.41. The minimum absolute atomic E-state index is 0.339. The van der Waals surface area contributed by atoms with Gasteiger partial charge in [0.25, 0.3) is 0 Å². The van der Waals surface area contributed by atoms with Gasteiger partial charge in [-0.05, 0) is 32.2 Å². The SMILES string of the molecule is CCCOC1CCCN(CCN2CCCC2=O)C1. The van der Waals surface area contributed by atoms with Gasteiger partial charge in [0, 0.05) is 39.2 Å². The van der Waals surface area contributed by atoms with E-state index in [2.05, 4.69) is 11.8 Å². The number of piperidine rings is 1. The van der Waals surface area contributed by atoms with Crippen LogP contribution >= 0.6 is 0 Å². The van der Waals surface area contributed by atoms with Crippen LogP contribution in [0.3, 0.4) is 0 Å². The van der Waals surface area contributed by atoms with Gasteiger partial charge in [0.1, 0.15) is 0 Å². The second kappa shape index (κ2) is 7.10. The molecule has 0 bridgehead atoms. The number of likely N-dealkylation sites (tertiary alicyclic amines) is 2. The van der Waals surface area contributed by atoms with Crippen LogP contribution in [0, 0.1) is 0 Å². The molecule has 2 rings (SSSR count). The lowest BCUT2D eigenvalue weighted by atomic mass is 10.1. The van der Waals surface area contributed by atoms with Crippen LogP contribution in [0.1, 0.15) is 39.0 Å². The first kappa shape index (κ1) is 13.8. The fraction of sp³-hybridized carbons (Fsp3) is 0.929. The molecule has 2 aliphatic heterocycles. The molecule has 18 heavy (non-hydrogen) atoms. The molecule has 0 aromatic rings. The van der Waals surface area contributed by atoms with E-state index in [0.717, 1.165) is 58.6 Å². The maximum atomic E-state index is 11.5. The van der Waals surface area contributed by atoms with Gasteiger partial charge in [-0.3, -0.25) is 9.69 Å². The minimum Gasteiger partial charge on any atom is -0.377 e. The summed E-state index contributed by atoms with van der Waals surface area (Å²) in [4.78, 5) is 16.0. The smallest absolute Gasteiger partial charge is 0.222 e. The van der Waals surface area contributed by atoms with Crippen LogP contribution in [-0.4, -0.2) is 61.1 Å². The largest absolute Gasteiger partial charge is 0.377 e. The summed E-state index contributed by atoms with van der Waals surface area (Å²) in [7, 11) is 0. The summed E-state index contributed by atoms with van der Waals surface area (Å²) >= 11 is 0. The van der Waals surface area contributed by atoms with Gasteiger partial charge < -0.3 is 9.64 Å². The van der Waals surface area contributed by atoms with Gasteiger partial charge in [0.05, 0.1) is 6.10 Å². The zero-order chi connectivity index (χ0) is 12.8. The van der Waals surface area contributed by atoms with Crippen LogP contribution in [0.15, 0.2) is 0 Å². The van der Waals surface area contributed by atoms with E-state index in [1.807, 2.05) is 4.90 Å². The zero-order valence-corrected chi connectivity index (χ0v) is 11.6. The first-order chi connectivity index (χ1) is 8.79. The van der Waals surface area contributed by atoms with E-state index in [-0.39, 0.29) is 0 Å². The molecule has 1 unspecified atom stereocenters. The fourth-order valence-electron chi connectivity index (χ4n) is 2.84. The number of hydrogen-bond donors (Lipinski definition) is 0. The highest BCUT2D eigenvalue weighted by Crippen LogP contribution is 2.14. The Balaban J connectivity index is 1.67. The van der Waals surface area contributed by atoms with Crippen molar-refractivity contribution in [2.45, 2.75) is 45.1 Å². The molecule has 1 amide bonds. The fourth-order valence-corrected chi connectivity index (χ4v) is 2.84. The highest BCUT2D eigenvalue weighted by atomic mass is 16.5. The van der Waals surface area contributed by atoms with Crippen molar-refractivity contribution in [3.05, 3.63) is 0 Å². The van der Waals surface area contributed by atoms with Gasteiger partial charge >= 0.3 is 0 Å². The van der Waals surface area contributed by atoms with Crippen LogP contribution in [-0.2, 0) is 9.53 Å². The standard InChI is InChI=1S/C14H26N2O2/c1-2-11-18-13-5-3-7-15(12-13)9-10-16-8-4-6-14(16)17/h13H,2-12H2,1H3. The predicted octanol–water partition coefficient (Wildman–Crippen LogP) is 1.50. The molecule has 4 heteroatoms. The van der Waals surface area contributed by atoms with Crippen molar-refractivity contribution < 1.29 is 9.53 Å². The molecule has 2 aliphatic rings. The molecule has 0 radical (unpaired) electrons. The van der Waals surface area contributed by atoms with Gasteiger partial charge in [-0.25, -0.2) is 0 Å². The van der Waals surface area contributed by atoms with Crippen LogP contribution in [0.2, 0.25) is 0 Å². The van der Waals surface area contributed by atoms with Gasteiger partial charge in [-0.2, -0.15) is 0 Å². The molecule has 0 spiro atoms. The molecular formula is C14H26N2O2. The van der Waals surface area contributed by atoms with E-state index in [9.17, 15) is 4.79 Å². The topological polar surface area (TPSA) is 32.8 Å². The summed E-state index contributed by atoms with van der Waals surface area (Å²) in [6.45, 7) is 8.11. The molecule has 0 N–H and O–H groups in total. The van der Waals surface area contributed by atoms with E-state index in [1.54, 1.807) is 0 Å². The first-order valence-corrected chi connectivity index (χ1v) is 7.41. The molecule has 0 aromatic heterocycles. The Kier molecular flexibility index (Phi) is 5.45. The third-order valence-electron chi connectivity index (χ3n) is 3.88. The van der Waals surface area contributed by atoms with Crippen LogP contribution in [0.25, 0.3) is 0 Å². The van der Waals surface area contributed by atoms with E-state index < -0.39 is 0 Å². The number of carbonyl (C=O) groups excluding carboxylic acids is 1. The highest BCUT2D eigenvalue weighted by molar-refractivity contribution is 5.78. The van der Waals surface area contributed by atoms with Crippen molar-refractivity contribution in [2.24, 2.45) is 0 Å². The quantitative estimate of drug-likeness (QED) is 0.720. The number of amides is 1. The maximum Gasteiger partial charge on any atom is 0.222 e. The average molecular weight is 254 g/mol. The molecular weight excluding hydrogens is 228 g/mol. The third kappa shape index (κ3) is 3.95. The molecule has 0 aromatic carbocycles. The Morgan fingerprint density at radius 2 is 2.17 bits per heavy atom. The van der Waals surface area contributed by atoms with Crippen molar-refractivity contribution in [2.75, 3.05) is 39.3 Å². The van der Waals surface area contributed by atoms with E-state index >= 15 is 0 Å². The second-order valence-electron chi connectivity index (χ2n) is 5.42. The average Bonchev–Trinajstić information content (AvgIpc) is 2.80. The van der Waals surface area contributed by atoms with Crippen molar-refractivity contribution >= 4 is 5.91 Å². The summed E-state index contributed by atoms with van der Waals surface area (Å²) < 4.78 is 5.83. The van der Waals surface area contributed by atoms with E-state index in [4.69, 9.17) is 4.74 Å². The molecule has 4 nitrogen and oxygen atoms in total. The maximum absolute atomic E-state index is 11.5. The Labute approximate surface area is 110 Å².